The molecule has 1 fully saturated rings. The zero-order chi connectivity index (χ0) is 19.8. The number of hydrogen-bond acceptors (Lipinski definition) is 6. The molecule has 2 aliphatic heterocycles. The van der Waals surface area contributed by atoms with Crippen LogP contribution in [0.15, 0.2) is 48.8 Å². The zero-order valence-corrected chi connectivity index (χ0v) is 16.1. The Morgan fingerprint density at radius 1 is 1.10 bits per heavy atom. The molecule has 3 heterocycles. The van der Waals surface area contributed by atoms with Crippen LogP contribution in [0, 0.1) is 0 Å². The van der Waals surface area contributed by atoms with E-state index in [2.05, 4.69) is 4.98 Å². The number of aliphatic hydroxyl groups excluding tert-OH is 1. The quantitative estimate of drug-likeness (QED) is 0.732. The van der Waals surface area contributed by atoms with Gasteiger partial charge in [-0.1, -0.05) is 6.07 Å². The van der Waals surface area contributed by atoms with Gasteiger partial charge < -0.3 is 28.6 Å². The average Bonchev–Trinajstić information content (AvgIpc) is 3.42. The summed E-state index contributed by atoms with van der Waals surface area (Å²) in [5.74, 6) is 3.00. The maximum Gasteiger partial charge on any atom is 0.231 e. The molecule has 7 heteroatoms. The van der Waals surface area contributed by atoms with Crippen LogP contribution in [-0.4, -0.2) is 47.9 Å². The number of methoxy groups -OCH3 is 1. The minimum Gasteiger partial charge on any atom is -0.496 e. The summed E-state index contributed by atoms with van der Waals surface area (Å²) in [6, 6.07) is 11.6. The van der Waals surface area contributed by atoms with E-state index in [1.165, 1.54) is 0 Å². The number of rotatable bonds is 4. The fourth-order valence-corrected chi connectivity index (χ4v) is 3.92. The molecule has 150 valence electrons. The maximum atomic E-state index is 10.4. The highest BCUT2D eigenvalue weighted by molar-refractivity contribution is 5.77. The molecule has 0 bridgehead atoms. The van der Waals surface area contributed by atoms with Gasteiger partial charge in [-0.15, -0.1) is 0 Å². The van der Waals surface area contributed by atoms with Crippen LogP contribution in [0.1, 0.15) is 12.5 Å². The van der Waals surface area contributed by atoms with Crippen LogP contribution in [-0.2, 0) is 4.74 Å². The van der Waals surface area contributed by atoms with Crippen LogP contribution in [0.2, 0.25) is 0 Å². The predicted octanol–water partition coefficient (Wildman–Crippen LogP) is 3.28. The first kappa shape index (κ1) is 18.0. The summed E-state index contributed by atoms with van der Waals surface area (Å²) < 4.78 is 24.1. The molecule has 2 aromatic carbocycles. The van der Waals surface area contributed by atoms with Crippen LogP contribution >= 0.6 is 0 Å². The minimum absolute atomic E-state index is 0.155. The van der Waals surface area contributed by atoms with E-state index in [0.29, 0.717) is 19.6 Å². The van der Waals surface area contributed by atoms with Crippen molar-refractivity contribution in [1.82, 2.24) is 9.55 Å². The molecule has 0 radical (unpaired) electrons. The SMILES string of the molecule is COc1ccc(-c2nccn2[C@@H]2COCC[C@@H]2O)cc1-c1ccc2c(c1)OCO2. The normalized spacial score (nSPS) is 20.6. The van der Waals surface area contributed by atoms with Crippen molar-refractivity contribution in [1.29, 1.82) is 0 Å². The van der Waals surface area contributed by atoms with Gasteiger partial charge in [0, 0.05) is 30.1 Å². The van der Waals surface area contributed by atoms with Crippen LogP contribution in [0.25, 0.3) is 22.5 Å². The van der Waals surface area contributed by atoms with Crippen molar-refractivity contribution in [3.05, 3.63) is 48.8 Å². The number of imidazole rings is 1. The Balaban J connectivity index is 1.56. The molecule has 0 amide bonds. The number of fused-ring (bicyclic) bond motifs is 1. The van der Waals surface area contributed by atoms with Gasteiger partial charge in [0.25, 0.3) is 0 Å². The van der Waals surface area contributed by atoms with E-state index in [1.807, 2.05) is 47.2 Å². The van der Waals surface area contributed by atoms with Gasteiger partial charge >= 0.3 is 0 Å². The van der Waals surface area contributed by atoms with E-state index < -0.39 is 6.10 Å². The number of benzene rings is 2. The third-order valence-corrected chi connectivity index (χ3v) is 5.46. The summed E-state index contributed by atoms with van der Waals surface area (Å²) in [4.78, 5) is 4.55. The highest BCUT2D eigenvalue weighted by Crippen LogP contribution is 2.40. The fraction of sp³-hybridized carbons (Fsp3) is 0.318. The predicted molar refractivity (Wildman–Crippen MR) is 106 cm³/mol. The molecular weight excluding hydrogens is 372 g/mol. The molecular formula is C22H22N2O5. The molecule has 29 heavy (non-hydrogen) atoms. The number of aromatic nitrogens is 2. The van der Waals surface area contributed by atoms with Crippen molar-refractivity contribution in [3.8, 4) is 39.8 Å². The van der Waals surface area contributed by atoms with E-state index >= 15 is 0 Å². The molecule has 1 saturated heterocycles. The monoisotopic (exact) mass is 394 g/mol. The highest BCUT2D eigenvalue weighted by Gasteiger charge is 2.27. The van der Waals surface area contributed by atoms with Crippen molar-refractivity contribution < 1.29 is 24.1 Å². The molecule has 2 atom stereocenters. The smallest absolute Gasteiger partial charge is 0.231 e. The third-order valence-electron chi connectivity index (χ3n) is 5.46. The lowest BCUT2D eigenvalue weighted by atomic mass is 10.0. The zero-order valence-electron chi connectivity index (χ0n) is 16.1. The molecule has 1 aromatic heterocycles. The number of aliphatic hydroxyl groups is 1. The Morgan fingerprint density at radius 3 is 2.83 bits per heavy atom. The van der Waals surface area contributed by atoms with Crippen LogP contribution in [0.4, 0.5) is 0 Å². The first-order chi connectivity index (χ1) is 14.2. The lowest BCUT2D eigenvalue weighted by Crippen LogP contribution is -2.34. The van der Waals surface area contributed by atoms with Gasteiger partial charge in [0.05, 0.1) is 25.9 Å². The van der Waals surface area contributed by atoms with E-state index in [9.17, 15) is 5.11 Å². The Hall–Kier alpha value is -3.03. The summed E-state index contributed by atoms with van der Waals surface area (Å²) >= 11 is 0. The van der Waals surface area contributed by atoms with Crippen molar-refractivity contribution in [3.63, 3.8) is 0 Å². The molecule has 0 saturated carbocycles. The number of ether oxygens (including phenoxy) is 4. The first-order valence-electron chi connectivity index (χ1n) is 9.61. The molecule has 7 nitrogen and oxygen atoms in total. The van der Waals surface area contributed by atoms with Gasteiger partial charge in [-0.3, -0.25) is 0 Å². The summed E-state index contributed by atoms with van der Waals surface area (Å²) in [7, 11) is 1.65. The lowest BCUT2D eigenvalue weighted by molar-refractivity contribution is -0.0285. The van der Waals surface area contributed by atoms with Gasteiger partial charge in [-0.2, -0.15) is 0 Å². The molecule has 1 N–H and O–H groups in total. The molecule has 3 aromatic rings. The first-order valence-corrected chi connectivity index (χ1v) is 9.61. The maximum absolute atomic E-state index is 10.4. The Labute approximate surface area is 168 Å². The number of hydrogen-bond donors (Lipinski definition) is 1. The number of nitrogens with zero attached hydrogens (tertiary/aromatic N) is 2. The second-order valence-corrected chi connectivity index (χ2v) is 7.14. The van der Waals surface area contributed by atoms with Crippen LogP contribution in [0.3, 0.4) is 0 Å². The fourth-order valence-electron chi connectivity index (χ4n) is 3.92. The van der Waals surface area contributed by atoms with Gasteiger partial charge in [-0.05, 0) is 42.3 Å². The van der Waals surface area contributed by atoms with Crippen molar-refractivity contribution in [2.24, 2.45) is 0 Å². The highest BCUT2D eigenvalue weighted by atomic mass is 16.7. The largest absolute Gasteiger partial charge is 0.496 e. The van der Waals surface area contributed by atoms with Crippen molar-refractivity contribution in [2.75, 3.05) is 27.1 Å². The average molecular weight is 394 g/mol. The minimum atomic E-state index is -0.455. The van der Waals surface area contributed by atoms with Crippen LogP contribution < -0.4 is 14.2 Å². The van der Waals surface area contributed by atoms with E-state index in [1.54, 1.807) is 13.3 Å². The Bertz CT molecular complexity index is 1030. The molecule has 5 rings (SSSR count). The summed E-state index contributed by atoms with van der Waals surface area (Å²) in [6.07, 6.45) is 3.81. The molecule has 2 aliphatic rings. The van der Waals surface area contributed by atoms with Crippen molar-refractivity contribution in [2.45, 2.75) is 18.6 Å². The second-order valence-electron chi connectivity index (χ2n) is 7.14. The van der Waals surface area contributed by atoms with Crippen LogP contribution in [0.5, 0.6) is 17.2 Å². The Morgan fingerprint density at radius 2 is 1.97 bits per heavy atom. The molecule has 0 aliphatic carbocycles. The topological polar surface area (TPSA) is 75.0 Å². The molecule has 0 spiro atoms. The summed E-state index contributed by atoms with van der Waals surface area (Å²) in [6.45, 7) is 1.29. The third kappa shape index (κ3) is 3.22. The van der Waals surface area contributed by atoms with Gasteiger partial charge in [0.2, 0.25) is 6.79 Å². The van der Waals surface area contributed by atoms with Gasteiger partial charge in [0.1, 0.15) is 11.6 Å². The molecule has 0 unspecified atom stereocenters. The standard InChI is InChI=1S/C22H22N2O5/c1-26-19-4-3-15(10-16(19)14-2-5-20-21(11-14)29-13-28-20)22-23-7-8-24(22)17-12-27-9-6-18(17)25/h2-5,7-8,10-11,17-18,25H,6,9,12-13H2,1H3/t17-,18+/m1/s1. The van der Waals surface area contributed by atoms with Crippen molar-refractivity contribution >= 4 is 0 Å². The van der Waals surface area contributed by atoms with Gasteiger partial charge in [-0.25, -0.2) is 4.98 Å². The van der Waals surface area contributed by atoms with E-state index in [4.69, 9.17) is 18.9 Å². The Kier molecular flexibility index (Phi) is 4.61. The summed E-state index contributed by atoms with van der Waals surface area (Å²) in [5.41, 5.74) is 2.83. The van der Waals surface area contributed by atoms with E-state index in [0.717, 1.165) is 39.8 Å². The van der Waals surface area contributed by atoms with Gasteiger partial charge in [0.15, 0.2) is 11.5 Å². The second kappa shape index (κ2) is 7.42. The van der Waals surface area contributed by atoms with E-state index in [-0.39, 0.29) is 12.8 Å². The summed E-state index contributed by atoms with van der Waals surface area (Å²) in [5, 5.41) is 10.4. The lowest BCUT2D eigenvalue weighted by Gasteiger charge is -2.30.